The Morgan fingerprint density at radius 3 is 1.59 bits per heavy atom. The Morgan fingerprint density at radius 1 is 0.547 bits per heavy atom. The molecule has 2 aliphatic rings. The molecule has 2 fully saturated rings. The molecule has 16 N–H and O–H groups in total. The summed E-state index contributed by atoms with van der Waals surface area (Å²) in [6.07, 6.45) is -3.90. The van der Waals surface area contributed by atoms with Crippen molar-refractivity contribution in [3.05, 3.63) is 0 Å². The van der Waals surface area contributed by atoms with E-state index in [0.29, 0.717) is 90.0 Å². The molecule has 0 aromatic heterocycles. The van der Waals surface area contributed by atoms with Crippen LogP contribution in [0.1, 0.15) is 157 Å². The van der Waals surface area contributed by atoms with Gasteiger partial charge in [0.15, 0.2) is 18.4 Å². The van der Waals surface area contributed by atoms with E-state index in [1.54, 1.807) is 0 Å². The molecule has 16 atom stereocenters. The van der Waals surface area contributed by atoms with Crippen LogP contribution >= 0.6 is 0 Å². The smallest absolute Gasteiger partial charge is 0.243 e. The third kappa shape index (κ3) is 30.5. The van der Waals surface area contributed by atoms with E-state index in [1.807, 2.05) is 0 Å². The topological polar surface area (TPSA) is 449 Å². The van der Waals surface area contributed by atoms with Crippen molar-refractivity contribution >= 4 is 47.1 Å². The van der Waals surface area contributed by atoms with Crippen LogP contribution < -0.4 is 37.2 Å². The molecule has 7 amide bonds. The molecule has 1 aliphatic carbocycles. The van der Waals surface area contributed by atoms with Gasteiger partial charge in [-0.2, -0.15) is 0 Å². The number of amides is 7. The van der Waals surface area contributed by atoms with E-state index < -0.39 is 147 Å². The van der Waals surface area contributed by atoms with Crippen LogP contribution in [-0.4, -0.2) is 244 Å². The van der Waals surface area contributed by atoms with Crippen molar-refractivity contribution in [1.29, 1.82) is 0 Å². The summed E-state index contributed by atoms with van der Waals surface area (Å²) in [4.78, 5) is 100. The van der Waals surface area contributed by atoms with Crippen LogP contribution in [-0.2, 0) is 62.0 Å². The van der Waals surface area contributed by atoms with Crippen molar-refractivity contribution in [3.8, 4) is 0 Å². The Labute approximate surface area is 504 Å². The summed E-state index contributed by atoms with van der Waals surface area (Å²) in [5, 5.41) is 109. The molecule has 0 aromatic rings. The molecule has 1 heterocycles. The van der Waals surface area contributed by atoms with Gasteiger partial charge in [-0.05, 0) is 97.3 Å². The predicted molar refractivity (Wildman–Crippen MR) is 308 cm³/mol. The van der Waals surface area contributed by atoms with Crippen molar-refractivity contribution in [2.45, 2.75) is 248 Å². The number of carbonyl (C=O) groups excluding carboxylic acids is 8. The lowest BCUT2D eigenvalue weighted by molar-refractivity contribution is -0.270. The fourth-order valence-corrected chi connectivity index (χ4v) is 9.96. The highest BCUT2D eigenvalue weighted by molar-refractivity contribution is 5.92. The fraction of sp³-hybridized carbons (Fsp3) is 0.860. The molecule has 1 aliphatic heterocycles. The largest absolute Gasteiger partial charge is 0.396 e. The van der Waals surface area contributed by atoms with Gasteiger partial charge >= 0.3 is 0 Å². The van der Waals surface area contributed by atoms with E-state index in [1.165, 1.54) is 34.6 Å². The summed E-state index contributed by atoms with van der Waals surface area (Å²) in [6.45, 7) is 5.61. The van der Waals surface area contributed by atoms with Crippen molar-refractivity contribution in [3.63, 3.8) is 0 Å². The minimum Gasteiger partial charge on any atom is -0.396 e. The molecule has 0 aromatic carbocycles. The maximum atomic E-state index is 13.8. The number of nitrogens with one attached hydrogen (secondary N) is 7. The van der Waals surface area contributed by atoms with Crippen LogP contribution in [0.2, 0.25) is 0 Å². The van der Waals surface area contributed by atoms with Crippen LogP contribution in [0.5, 0.6) is 0 Å². The molecule has 2 rings (SSSR count). The molecule has 1 saturated heterocycles. The summed E-state index contributed by atoms with van der Waals surface area (Å²) in [6, 6.07) is -4.81. The molecule has 0 spiro atoms. The number of ether oxygens (including phenoxy) is 5. The zero-order valence-corrected chi connectivity index (χ0v) is 50.9. The predicted octanol–water partition coefficient (Wildman–Crippen LogP) is -3.02. The minimum absolute atomic E-state index is 0.0257. The number of aliphatic hydroxyl groups is 9. The molecule has 14 unspecified atom stereocenters. The number of unbranched alkanes of at least 4 members (excludes halogenated alkanes) is 8. The zero-order valence-electron chi connectivity index (χ0n) is 50.9. The highest BCUT2D eigenvalue weighted by Gasteiger charge is 2.46. The first-order chi connectivity index (χ1) is 41.0. The maximum Gasteiger partial charge on any atom is 0.243 e. The van der Waals surface area contributed by atoms with Gasteiger partial charge in [-0.15, -0.1) is 0 Å². The monoisotopic (exact) mass is 1240 g/mol. The molecular formula is C57H103N7O22. The summed E-state index contributed by atoms with van der Waals surface area (Å²) in [5.41, 5.74) is 0. The van der Waals surface area contributed by atoms with E-state index in [4.69, 9.17) is 23.7 Å². The minimum atomic E-state index is -1.44. The first kappa shape index (κ1) is 77.5. The van der Waals surface area contributed by atoms with Crippen LogP contribution in [0.25, 0.3) is 0 Å². The van der Waals surface area contributed by atoms with Crippen LogP contribution in [0.3, 0.4) is 0 Å². The van der Waals surface area contributed by atoms with Crippen LogP contribution in [0, 0.1) is 5.92 Å². The van der Waals surface area contributed by atoms with E-state index in [9.17, 15) is 84.3 Å². The van der Waals surface area contributed by atoms with E-state index >= 15 is 0 Å². The number of hydrogen-bond acceptors (Lipinski definition) is 22. The van der Waals surface area contributed by atoms with Gasteiger partial charge in [0.25, 0.3) is 0 Å². The van der Waals surface area contributed by atoms with Gasteiger partial charge in [-0.25, -0.2) is 0 Å². The second-order valence-electron chi connectivity index (χ2n) is 22.3. The average molecular weight is 1240 g/mol. The number of ketones is 1. The van der Waals surface area contributed by atoms with Crippen LogP contribution in [0.4, 0.5) is 0 Å². The number of Topliss-reactive ketones (excluding diaryl/α,β-unsaturated/α-hetero) is 1. The van der Waals surface area contributed by atoms with Crippen molar-refractivity contribution in [1.82, 2.24) is 37.2 Å². The van der Waals surface area contributed by atoms with Gasteiger partial charge in [-0.1, -0.05) is 19.3 Å². The van der Waals surface area contributed by atoms with Gasteiger partial charge < -0.3 is 107 Å². The van der Waals surface area contributed by atoms with E-state index in [0.717, 1.165) is 0 Å². The van der Waals surface area contributed by atoms with Gasteiger partial charge in [0.2, 0.25) is 41.4 Å². The fourth-order valence-electron chi connectivity index (χ4n) is 9.96. The molecule has 29 nitrogen and oxygen atoms in total. The SMILES string of the molecule is CC(=O)NC1C(OCCCCCC(=O)NCCCCC(NC(=O)C(CCCCNC(=O)CCCCCOC2OC(CO)C(O)C(O)C2NC(C)=O)NC(=O)CCCCCOC(OC(CO)[C@@H](C)O)[C@H](CO)NC(C)=O)C(C)=O)CC(CO)C(O)C1O. The number of aliphatic hydroxyl groups excluding tert-OH is 9. The second kappa shape index (κ2) is 43.9. The number of hydrogen-bond donors (Lipinski definition) is 16. The molecule has 0 bridgehead atoms. The first-order valence-corrected chi connectivity index (χ1v) is 30.4. The summed E-state index contributed by atoms with van der Waals surface area (Å²) >= 11 is 0. The molecule has 1 saturated carbocycles. The third-order valence-electron chi connectivity index (χ3n) is 14.9. The van der Waals surface area contributed by atoms with Gasteiger partial charge in [-0.3, -0.25) is 38.4 Å². The Hall–Kier alpha value is -4.60. The zero-order chi connectivity index (χ0) is 64.1. The number of rotatable bonds is 46. The van der Waals surface area contributed by atoms with Crippen molar-refractivity contribution in [2.24, 2.45) is 5.92 Å². The van der Waals surface area contributed by atoms with Gasteiger partial charge in [0.1, 0.15) is 48.6 Å². The van der Waals surface area contributed by atoms with Gasteiger partial charge in [0.05, 0.1) is 50.2 Å². The van der Waals surface area contributed by atoms with Crippen LogP contribution in [0.15, 0.2) is 0 Å². The normalized spacial score (nSPS) is 24.2. The molecular weight excluding hydrogens is 1130 g/mol. The summed E-state index contributed by atoms with van der Waals surface area (Å²) in [5.74, 6) is -3.60. The average Bonchev–Trinajstić information content (AvgIpc) is 3.67. The van der Waals surface area contributed by atoms with Crippen molar-refractivity contribution < 1.29 is 108 Å². The van der Waals surface area contributed by atoms with E-state index in [-0.39, 0.29) is 89.1 Å². The van der Waals surface area contributed by atoms with Gasteiger partial charge in [0, 0.05) is 85.5 Å². The highest BCUT2D eigenvalue weighted by atomic mass is 16.7. The molecule has 0 radical (unpaired) electrons. The highest BCUT2D eigenvalue weighted by Crippen LogP contribution is 2.28. The van der Waals surface area contributed by atoms with Crippen molar-refractivity contribution in [2.75, 3.05) is 59.3 Å². The Morgan fingerprint density at radius 2 is 1.08 bits per heavy atom. The lowest BCUT2D eigenvalue weighted by Crippen LogP contribution is -2.64. The molecule has 86 heavy (non-hydrogen) atoms. The van der Waals surface area contributed by atoms with E-state index in [2.05, 4.69) is 37.2 Å². The first-order valence-electron chi connectivity index (χ1n) is 30.4. The number of carbonyl (C=O) groups is 8. The molecule has 29 heteroatoms. The Bertz CT molecular complexity index is 2000. The third-order valence-corrected chi connectivity index (χ3v) is 14.9. The summed E-state index contributed by atoms with van der Waals surface area (Å²) in [7, 11) is 0. The molecule has 498 valence electrons. The lowest BCUT2D eigenvalue weighted by Gasteiger charge is -2.42. The lowest BCUT2D eigenvalue weighted by atomic mass is 9.79. The maximum absolute atomic E-state index is 13.8. The standard InChI is InChI=1S/C57H103N7O22/c1-34(69)40(19-12-14-24-58-46(74)21-9-6-16-26-82-43-29-39(30-65)51(77)53(79)49(43)61-37(4)72)64-55(81)41(63-48(76)23-11-8-17-27-83-56(42(31-66)60-36(3)71)85-44(32-67)35(2)70)20-13-15-25-59-47(75)22-10-7-18-28-84-57-50(62-38(5)73)54(80)52(78)45(33-68)86-57/h35,39-45,49-54,56-57,65-68,70,77-80H,6-33H2,1-5H3,(H,58,74)(H,59,75)(H,60,71)(H,61,72)(H,62,73)(H,63,76)(H,64,81)/t35-,39?,40?,41?,42+,43?,44?,45?,49?,50?,51?,52?,53?,54?,56?,57?/m1/s1. The quantitative estimate of drug-likeness (QED) is 0.0213. The summed E-state index contributed by atoms with van der Waals surface area (Å²) < 4.78 is 28.7. The Kier molecular flexibility index (Phi) is 39.6. The second-order valence-corrected chi connectivity index (χ2v) is 22.3. The Balaban J connectivity index is 1.90.